The van der Waals surface area contributed by atoms with Crippen molar-refractivity contribution in [2.45, 2.75) is 39.3 Å². The molecule has 1 aromatic rings. The van der Waals surface area contributed by atoms with Crippen LogP contribution in [-0.4, -0.2) is 38.9 Å². The van der Waals surface area contributed by atoms with Crippen LogP contribution in [0.1, 0.15) is 30.9 Å². The largest absolute Gasteiger partial charge is 0.493 e. The molecule has 3 atom stereocenters. The van der Waals surface area contributed by atoms with Gasteiger partial charge in [0, 0.05) is 37.7 Å². The Balaban J connectivity index is 1.57. The van der Waals surface area contributed by atoms with Crippen LogP contribution in [0.3, 0.4) is 0 Å². The van der Waals surface area contributed by atoms with Gasteiger partial charge in [0.2, 0.25) is 0 Å². The molecule has 0 amide bonds. The smallest absolute Gasteiger partial charge is 0.191 e. The maximum absolute atomic E-state index is 6.10. The number of aryl methyl sites for hydroxylation is 1. The highest BCUT2D eigenvalue weighted by atomic mass is 16.5. The Labute approximate surface area is 144 Å². The first-order valence-electron chi connectivity index (χ1n) is 8.93. The van der Waals surface area contributed by atoms with Crippen molar-refractivity contribution in [2.75, 3.05) is 26.9 Å². The lowest BCUT2D eigenvalue weighted by Gasteiger charge is -2.17. The molecular formula is C19H29N3O2. The van der Waals surface area contributed by atoms with Crippen molar-refractivity contribution in [1.29, 1.82) is 0 Å². The van der Waals surface area contributed by atoms with Crippen molar-refractivity contribution in [2.24, 2.45) is 16.8 Å². The number of nitrogens with one attached hydrogen (secondary N) is 2. The summed E-state index contributed by atoms with van der Waals surface area (Å²) in [5.74, 6) is 3.08. The number of benzene rings is 1. The SMILES string of the molecule is CN=C(NCc1ccc(C)cc1OCC1CCOC1)NC1CC1C. The van der Waals surface area contributed by atoms with Crippen molar-refractivity contribution in [3.8, 4) is 5.75 Å². The Kier molecular flexibility index (Phi) is 5.61. The van der Waals surface area contributed by atoms with Crippen LogP contribution in [0.25, 0.3) is 0 Å². The minimum Gasteiger partial charge on any atom is -0.493 e. The third kappa shape index (κ3) is 4.63. The highest BCUT2D eigenvalue weighted by Crippen LogP contribution is 2.28. The number of aliphatic imine (C=N–C) groups is 1. The van der Waals surface area contributed by atoms with Crippen LogP contribution in [0.5, 0.6) is 5.75 Å². The zero-order valence-corrected chi connectivity index (χ0v) is 15.0. The van der Waals surface area contributed by atoms with Gasteiger partial charge in [-0.05, 0) is 37.3 Å². The molecule has 1 heterocycles. The van der Waals surface area contributed by atoms with Crippen molar-refractivity contribution < 1.29 is 9.47 Å². The summed E-state index contributed by atoms with van der Waals surface area (Å²) in [6.45, 7) is 7.45. The molecule has 132 valence electrons. The fourth-order valence-corrected chi connectivity index (χ4v) is 2.94. The first-order valence-corrected chi connectivity index (χ1v) is 8.93. The summed E-state index contributed by atoms with van der Waals surface area (Å²) >= 11 is 0. The van der Waals surface area contributed by atoms with E-state index in [1.165, 1.54) is 12.0 Å². The van der Waals surface area contributed by atoms with Gasteiger partial charge in [-0.2, -0.15) is 0 Å². The number of nitrogens with zero attached hydrogens (tertiary/aromatic N) is 1. The third-order valence-electron chi connectivity index (χ3n) is 4.82. The Hall–Kier alpha value is -1.75. The standard InChI is InChI=1S/C19H29N3O2/c1-13-4-5-16(10-21-19(20-3)22-17-9-14(17)2)18(8-13)24-12-15-6-7-23-11-15/h4-5,8,14-15,17H,6-7,9-12H2,1-3H3,(H2,20,21,22). The van der Waals surface area contributed by atoms with Gasteiger partial charge in [-0.15, -0.1) is 0 Å². The van der Waals surface area contributed by atoms with Gasteiger partial charge < -0.3 is 20.1 Å². The van der Waals surface area contributed by atoms with E-state index in [-0.39, 0.29) is 0 Å². The summed E-state index contributed by atoms with van der Waals surface area (Å²) in [7, 11) is 1.81. The van der Waals surface area contributed by atoms with Crippen molar-refractivity contribution in [1.82, 2.24) is 10.6 Å². The fourth-order valence-electron chi connectivity index (χ4n) is 2.94. The Morgan fingerprint density at radius 1 is 1.42 bits per heavy atom. The maximum Gasteiger partial charge on any atom is 0.191 e. The van der Waals surface area contributed by atoms with Crippen LogP contribution in [0.2, 0.25) is 0 Å². The van der Waals surface area contributed by atoms with E-state index in [4.69, 9.17) is 9.47 Å². The molecule has 1 saturated heterocycles. The van der Waals surface area contributed by atoms with Gasteiger partial charge in [0.1, 0.15) is 5.75 Å². The van der Waals surface area contributed by atoms with E-state index in [2.05, 4.69) is 47.7 Å². The van der Waals surface area contributed by atoms with E-state index in [1.54, 1.807) is 0 Å². The average Bonchev–Trinajstić information content (AvgIpc) is 3.05. The summed E-state index contributed by atoms with van der Waals surface area (Å²) in [6.07, 6.45) is 2.32. The van der Waals surface area contributed by atoms with Gasteiger partial charge in [-0.3, -0.25) is 4.99 Å². The zero-order valence-electron chi connectivity index (χ0n) is 15.0. The number of hydrogen-bond donors (Lipinski definition) is 2. The fraction of sp³-hybridized carbons (Fsp3) is 0.632. The Bertz CT molecular complexity index is 582. The van der Waals surface area contributed by atoms with Crippen molar-refractivity contribution in [3.63, 3.8) is 0 Å². The average molecular weight is 331 g/mol. The van der Waals surface area contributed by atoms with Crippen LogP contribution in [0.15, 0.2) is 23.2 Å². The minimum atomic E-state index is 0.511. The number of guanidine groups is 1. The van der Waals surface area contributed by atoms with Gasteiger partial charge in [-0.25, -0.2) is 0 Å². The molecule has 1 aromatic carbocycles. The van der Waals surface area contributed by atoms with Crippen molar-refractivity contribution >= 4 is 5.96 Å². The first kappa shape index (κ1) is 17.1. The number of ether oxygens (including phenoxy) is 2. The first-order chi connectivity index (χ1) is 11.7. The van der Waals surface area contributed by atoms with Crippen LogP contribution in [0, 0.1) is 18.8 Å². The van der Waals surface area contributed by atoms with Gasteiger partial charge >= 0.3 is 0 Å². The van der Waals surface area contributed by atoms with E-state index < -0.39 is 0 Å². The molecule has 5 heteroatoms. The van der Waals surface area contributed by atoms with Gasteiger partial charge in [0.05, 0.1) is 13.2 Å². The van der Waals surface area contributed by atoms with E-state index in [0.717, 1.165) is 49.4 Å². The summed E-state index contributed by atoms with van der Waals surface area (Å²) in [6, 6.07) is 6.94. The summed E-state index contributed by atoms with van der Waals surface area (Å²) in [4.78, 5) is 4.31. The monoisotopic (exact) mass is 331 g/mol. The number of hydrogen-bond acceptors (Lipinski definition) is 3. The molecule has 0 radical (unpaired) electrons. The molecule has 1 saturated carbocycles. The summed E-state index contributed by atoms with van der Waals surface area (Å²) < 4.78 is 11.5. The summed E-state index contributed by atoms with van der Waals surface area (Å²) in [5.41, 5.74) is 2.37. The second kappa shape index (κ2) is 7.88. The summed E-state index contributed by atoms with van der Waals surface area (Å²) in [5, 5.41) is 6.85. The van der Waals surface area contributed by atoms with E-state index >= 15 is 0 Å². The van der Waals surface area contributed by atoms with E-state index in [1.807, 2.05) is 7.05 Å². The van der Waals surface area contributed by atoms with Gasteiger partial charge in [0.15, 0.2) is 5.96 Å². The van der Waals surface area contributed by atoms with Crippen LogP contribution >= 0.6 is 0 Å². The topological polar surface area (TPSA) is 54.9 Å². The lowest BCUT2D eigenvalue weighted by molar-refractivity contribution is 0.166. The Morgan fingerprint density at radius 2 is 2.25 bits per heavy atom. The van der Waals surface area contributed by atoms with E-state index in [0.29, 0.717) is 18.5 Å². The van der Waals surface area contributed by atoms with E-state index in [9.17, 15) is 0 Å². The molecule has 2 N–H and O–H groups in total. The van der Waals surface area contributed by atoms with Crippen LogP contribution in [-0.2, 0) is 11.3 Å². The highest BCUT2D eigenvalue weighted by molar-refractivity contribution is 5.80. The van der Waals surface area contributed by atoms with Crippen molar-refractivity contribution in [3.05, 3.63) is 29.3 Å². The third-order valence-corrected chi connectivity index (χ3v) is 4.82. The lowest BCUT2D eigenvalue weighted by atomic mass is 10.1. The number of rotatable bonds is 6. The molecule has 0 aromatic heterocycles. The molecule has 2 aliphatic rings. The second-order valence-corrected chi connectivity index (χ2v) is 7.04. The zero-order chi connectivity index (χ0) is 16.9. The van der Waals surface area contributed by atoms with Gasteiger partial charge in [-0.1, -0.05) is 19.1 Å². The lowest BCUT2D eigenvalue weighted by Crippen LogP contribution is -2.38. The van der Waals surface area contributed by atoms with Gasteiger partial charge in [0.25, 0.3) is 0 Å². The molecule has 3 unspecified atom stereocenters. The predicted octanol–water partition coefficient (Wildman–Crippen LogP) is 2.48. The minimum absolute atomic E-state index is 0.511. The molecule has 1 aliphatic heterocycles. The normalized spacial score (nSPS) is 26.3. The van der Waals surface area contributed by atoms with Crippen LogP contribution < -0.4 is 15.4 Å². The molecular weight excluding hydrogens is 302 g/mol. The molecule has 2 fully saturated rings. The maximum atomic E-state index is 6.10. The Morgan fingerprint density at radius 3 is 2.92 bits per heavy atom. The molecule has 3 rings (SSSR count). The highest BCUT2D eigenvalue weighted by Gasteiger charge is 2.33. The molecule has 0 bridgehead atoms. The molecule has 0 spiro atoms. The molecule has 24 heavy (non-hydrogen) atoms. The van der Waals surface area contributed by atoms with Crippen LogP contribution in [0.4, 0.5) is 0 Å². The predicted molar refractivity (Wildman–Crippen MR) is 96.5 cm³/mol. The molecule has 5 nitrogen and oxygen atoms in total. The molecule has 1 aliphatic carbocycles. The second-order valence-electron chi connectivity index (χ2n) is 7.04. The quantitative estimate of drug-likeness (QED) is 0.621.